The third-order valence-corrected chi connectivity index (χ3v) is 1.69. The predicted molar refractivity (Wildman–Crippen MR) is 34.9 cm³/mol. The molecule has 9 heavy (non-hydrogen) atoms. The fraction of sp³-hybridized carbons (Fsp3) is 0.125. The van der Waals surface area contributed by atoms with Crippen LogP contribution in [0.5, 0.6) is 0 Å². The Morgan fingerprint density at radius 3 is 3.00 bits per heavy atom. The van der Waals surface area contributed by atoms with Crippen LogP contribution in [0.3, 0.4) is 0 Å². The molecule has 0 aromatic rings. The molecule has 0 aliphatic heterocycles. The molecular weight excluding hydrogens is 112 g/mol. The Hall–Kier alpha value is -1.11. The van der Waals surface area contributed by atoms with Gasteiger partial charge in [0.15, 0.2) is 5.78 Å². The van der Waals surface area contributed by atoms with Gasteiger partial charge in [-0.05, 0) is 6.08 Å². The number of carbonyl (C=O) groups is 1. The van der Waals surface area contributed by atoms with Crippen LogP contribution in [0.15, 0.2) is 36.0 Å². The Morgan fingerprint density at radius 2 is 2.22 bits per heavy atom. The van der Waals surface area contributed by atoms with Gasteiger partial charge in [-0.25, -0.2) is 0 Å². The van der Waals surface area contributed by atoms with Crippen LogP contribution in [0.4, 0.5) is 0 Å². The minimum atomic E-state index is 0.171. The van der Waals surface area contributed by atoms with Gasteiger partial charge in [0.05, 0.1) is 0 Å². The largest absolute Gasteiger partial charge is 0.290 e. The molecule has 1 heteroatoms. The lowest BCUT2D eigenvalue weighted by atomic mass is 10.1. The van der Waals surface area contributed by atoms with Gasteiger partial charge in [-0.1, -0.05) is 24.3 Å². The van der Waals surface area contributed by atoms with Crippen LogP contribution >= 0.6 is 0 Å². The van der Waals surface area contributed by atoms with Crippen molar-refractivity contribution in [1.82, 2.24) is 0 Å². The average Bonchev–Trinajstić information content (AvgIpc) is 2.35. The maximum Gasteiger partial charge on any atom is 0.182 e. The molecule has 0 saturated heterocycles. The van der Waals surface area contributed by atoms with Gasteiger partial charge >= 0.3 is 0 Å². The highest BCUT2D eigenvalue weighted by molar-refractivity contribution is 6.08. The summed E-state index contributed by atoms with van der Waals surface area (Å²) >= 11 is 0. The summed E-state index contributed by atoms with van der Waals surface area (Å²) in [6, 6.07) is 0. The summed E-state index contributed by atoms with van der Waals surface area (Å²) in [7, 11) is 0. The van der Waals surface area contributed by atoms with E-state index in [0.717, 1.165) is 5.57 Å². The first kappa shape index (κ1) is 4.74. The molecule has 2 aliphatic carbocycles. The van der Waals surface area contributed by atoms with Crippen molar-refractivity contribution in [1.29, 1.82) is 0 Å². The van der Waals surface area contributed by atoms with Crippen LogP contribution in [-0.2, 0) is 4.79 Å². The van der Waals surface area contributed by atoms with Crippen LogP contribution < -0.4 is 0 Å². The molecule has 0 aromatic heterocycles. The molecule has 0 saturated carbocycles. The number of fused-ring (bicyclic) bond motifs is 1. The van der Waals surface area contributed by atoms with Crippen molar-refractivity contribution < 1.29 is 4.79 Å². The Morgan fingerprint density at radius 1 is 1.33 bits per heavy atom. The number of hydrogen-bond acceptors (Lipinski definition) is 1. The van der Waals surface area contributed by atoms with E-state index in [0.29, 0.717) is 5.92 Å². The minimum absolute atomic E-state index is 0.171. The molecule has 0 radical (unpaired) electrons. The van der Waals surface area contributed by atoms with E-state index in [4.69, 9.17) is 0 Å². The van der Waals surface area contributed by atoms with Crippen molar-refractivity contribution in [3.63, 3.8) is 0 Å². The molecule has 1 nitrogen and oxygen atoms in total. The number of allylic oxidation sites excluding steroid dienone is 6. The molecule has 1 unspecified atom stereocenters. The van der Waals surface area contributed by atoms with Gasteiger partial charge in [-0.15, -0.1) is 0 Å². The van der Waals surface area contributed by atoms with Crippen molar-refractivity contribution >= 4 is 5.78 Å². The van der Waals surface area contributed by atoms with E-state index >= 15 is 0 Å². The van der Waals surface area contributed by atoms with E-state index in [1.807, 2.05) is 24.3 Å². The van der Waals surface area contributed by atoms with E-state index in [-0.39, 0.29) is 5.78 Å². The van der Waals surface area contributed by atoms with E-state index in [1.54, 1.807) is 6.08 Å². The van der Waals surface area contributed by atoms with Gasteiger partial charge in [0.1, 0.15) is 0 Å². The van der Waals surface area contributed by atoms with Crippen LogP contribution in [0.25, 0.3) is 0 Å². The SMILES string of the molecule is O=C1C=CC2C=CC=C12. The summed E-state index contributed by atoms with van der Waals surface area (Å²) in [5.74, 6) is 0.475. The quantitative estimate of drug-likeness (QED) is 0.467. The first-order valence-corrected chi connectivity index (χ1v) is 2.99. The molecule has 1 atom stereocenters. The third-order valence-electron chi connectivity index (χ3n) is 1.69. The Kier molecular flexibility index (Phi) is 0.758. The predicted octanol–water partition coefficient (Wildman–Crippen LogP) is 1.24. The first-order chi connectivity index (χ1) is 4.38. The zero-order valence-electron chi connectivity index (χ0n) is 4.87. The Balaban J connectivity index is 2.48. The zero-order valence-corrected chi connectivity index (χ0v) is 4.87. The van der Waals surface area contributed by atoms with Crippen LogP contribution in [-0.4, -0.2) is 5.78 Å². The van der Waals surface area contributed by atoms with Gasteiger partial charge in [0.25, 0.3) is 0 Å². The highest BCUT2D eigenvalue weighted by atomic mass is 16.1. The van der Waals surface area contributed by atoms with E-state index in [2.05, 4.69) is 0 Å². The summed E-state index contributed by atoms with van der Waals surface area (Å²) < 4.78 is 0. The van der Waals surface area contributed by atoms with Crippen molar-refractivity contribution in [3.05, 3.63) is 36.0 Å². The molecule has 0 amide bonds. The minimum Gasteiger partial charge on any atom is -0.290 e. The molecule has 2 aliphatic rings. The molecule has 0 N–H and O–H groups in total. The number of hydrogen-bond donors (Lipinski definition) is 0. The number of ketones is 1. The Labute approximate surface area is 53.4 Å². The summed E-state index contributed by atoms with van der Waals surface area (Å²) in [6.45, 7) is 0. The lowest BCUT2D eigenvalue weighted by molar-refractivity contribution is -0.111. The smallest absolute Gasteiger partial charge is 0.182 e. The molecule has 0 heterocycles. The van der Waals surface area contributed by atoms with Crippen molar-refractivity contribution in [3.8, 4) is 0 Å². The molecule has 0 aromatic carbocycles. The van der Waals surface area contributed by atoms with E-state index in [1.165, 1.54) is 0 Å². The lowest BCUT2D eigenvalue weighted by Gasteiger charge is -1.94. The summed E-state index contributed by atoms with van der Waals surface area (Å²) in [5, 5.41) is 0. The molecule has 0 bridgehead atoms. The zero-order chi connectivity index (χ0) is 6.27. The third kappa shape index (κ3) is 0.515. The lowest BCUT2D eigenvalue weighted by Crippen LogP contribution is -1.95. The molecule has 44 valence electrons. The molecule has 0 fully saturated rings. The molecular formula is C8H6O. The Bertz CT molecular complexity index is 243. The number of rotatable bonds is 0. The highest BCUT2D eigenvalue weighted by Crippen LogP contribution is 2.26. The maximum absolute atomic E-state index is 10.9. The fourth-order valence-corrected chi connectivity index (χ4v) is 1.20. The second-order valence-electron chi connectivity index (χ2n) is 2.26. The normalized spacial score (nSPS) is 29.1. The van der Waals surface area contributed by atoms with Gasteiger partial charge in [-0.3, -0.25) is 4.79 Å². The second-order valence-corrected chi connectivity index (χ2v) is 2.26. The fourth-order valence-electron chi connectivity index (χ4n) is 1.20. The topological polar surface area (TPSA) is 17.1 Å². The summed E-state index contributed by atoms with van der Waals surface area (Å²) in [4.78, 5) is 10.9. The van der Waals surface area contributed by atoms with Gasteiger partial charge in [0, 0.05) is 11.5 Å². The second kappa shape index (κ2) is 1.44. The summed E-state index contributed by atoms with van der Waals surface area (Å²) in [5.41, 5.74) is 0.926. The maximum atomic E-state index is 10.9. The van der Waals surface area contributed by atoms with E-state index < -0.39 is 0 Å². The van der Waals surface area contributed by atoms with Crippen LogP contribution in [0.2, 0.25) is 0 Å². The van der Waals surface area contributed by atoms with Gasteiger partial charge < -0.3 is 0 Å². The molecule has 0 spiro atoms. The van der Waals surface area contributed by atoms with E-state index in [9.17, 15) is 4.79 Å². The standard InChI is InChI=1S/C8H6O/c9-8-5-4-6-2-1-3-7(6)8/h1-6H. The number of carbonyl (C=O) groups excluding carboxylic acids is 1. The van der Waals surface area contributed by atoms with Gasteiger partial charge in [-0.2, -0.15) is 0 Å². The van der Waals surface area contributed by atoms with Crippen LogP contribution in [0, 0.1) is 5.92 Å². The average molecular weight is 118 g/mol. The molecule has 2 rings (SSSR count). The summed E-state index contributed by atoms with van der Waals surface area (Å²) in [6.07, 6.45) is 9.41. The highest BCUT2D eigenvalue weighted by Gasteiger charge is 2.21. The van der Waals surface area contributed by atoms with Crippen LogP contribution in [0.1, 0.15) is 0 Å². The van der Waals surface area contributed by atoms with Crippen molar-refractivity contribution in [2.45, 2.75) is 0 Å². The van der Waals surface area contributed by atoms with Crippen molar-refractivity contribution in [2.75, 3.05) is 0 Å². The van der Waals surface area contributed by atoms with Gasteiger partial charge in [0.2, 0.25) is 0 Å². The first-order valence-electron chi connectivity index (χ1n) is 2.99. The van der Waals surface area contributed by atoms with Crippen molar-refractivity contribution in [2.24, 2.45) is 5.92 Å². The monoisotopic (exact) mass is 118 g/mol.